The first kappa shape index (κ1) is 14.7. The zero-order valence-corrected chi connectivity index (χ0v) is 13.2. The molecule has 0 aliphatic carbocycles. The SMILES string of the molecule is COC(=O)CN1CCN(c2ncnc3sccc23)C(C)C1=O. The van der Waals surface area contributed by atoms with E-state index >= 15 is 0 Å². The minimum Gasteiger partial charge on any atom is -0.468 e. The molecular weight excluding hydrogens is 304 g/mol. The van der Waals surface area contributed by atoms with Crippen molar-refractivity contribution in [3.8, 4) is 0 Å². The molecule has 1 fully saturated rings. The van der Waals surface area contributed by atoms with Gasteiger partial charge in [-0.3, -0.25) is 9.59 Å². The predicted molar refractivity (Wildman–Crippen MR) is 82.8 cm³/mol. The van der Waals surface area contributed by atoms with Crippen LogP contribution in [0.5, 0.6) is 0 Å². The topological polar surface area (TPSA) is 75.6 Å². The first-order valence-corrected chi connectivity index (χ1v) is 7.80. The Kier molecular flexibility index (Phi) is 3.93. The van der Waals surface area contributed by atoms with Crippen LogP contribution in [0.15, 0.2) is 17.8 Å². The molecule has 3 rings (SSSR count). The number of esters is 1. The van der Waals surface area contributed by atoms with Crippen molar-refractivity contribution in [3.05, 3.63) is 17.8 Å². The Labute approximate surface area is 131 Å². The summed E-state index contributed by atoms with van der Waals surface area (Å²) in [6, 6.07) is 1.59. The Morgan fingerprint density at radius 2 is 2.27 bits per heavy atom. The standard InChI is InChI=1S/C14H16N4O3S/c1-9-14(20)17(7-11(19)21-2)4-5-18(9)12-10-3-6-22-13(10)16-8-15-12/h3,6,8-9H,4-5,7H2,1-2H3. The monoisotopic (exact) mass is 320 g/mol. The van der Waals surface area contributed by atoms with Gasteiger partial charge < -0.3 is 14.5 Å². The molecular formula is C14H16N4O3S. The van der Waals surface area contributed by atoms with Crippen LogP contribution in [0.25, 0.3) is 10.2 Å². The molecule has 1 unspecified atom stereocenters. The van der Waals surface area contributed by atoms with Crippen LogP contribution in [0.1, 0.15) is 6.92 Å². The fraction of sp³-hybridized carbons (Fsp3) is 0.429. The second-order valence-corrected chi connectivity index (χ2v) is 5.94. The van der Waals surface area contributed by atoms with Crippen LogP contribution in [0.2, 0.25) is 0 Å². The fourth-order valence-corrected chi connectivity index (χ4v) is 3.33. The number of thiophene rings is 1. The molecule has 0 aromatic carbocycles. The summed E-state index contributed by atoms with van der Waals surface area (Å²) >= 11 is 1.55. The smallest absolute Gasteiger partial charge is 0.325 e. The van der Waals surface area contributed by atoms with E-state index in [0.29, 0.717) is 13.1 Å². The molecule has 1 atom stereocenters. The lowest BCUT2D eigenvalue weighted by Gasteiger charge is -2.39. The molecule has 2 aromatic rings. The number of hydrogen-bond donors (Lipinski definition) is 0. The van der Waals surface area contributed by atoms with Crippen LogP contribution in [-0.4, -0.2) is 59.5 Å². The van der Waals surface area contributed by atoms with Gasteiger partial charge in [0.25, 0.3) is 0 Å². The normalized spacial score (nSPS) is 18.8. The molecule has 1 aliphatic rings. The number of piperazine rings is 1. The van der Waals surface area contributed by atoms with Gasteiger partial charge in [0.05, 0.1) is 12.5 Å². The Morgan fingerprint density at radius 3 is 3.05 bits per heavy atom. The van der Waals surface area contributed by atoms with E-state index in [1.807, 2.05) is 23.3 Å². The molecule has 0 N–H and O–H groups in total. The minimum absolute atomic E-state index is 0.00878. The molecule has 0 bridgehead atoms. The van der Waals surface area contributed by atoms with Crippen molar-refractivity contribution >= 4 is 39.2 Å². The molecule has 7 nitrogen and oxygen atoms in total. The number of ether oxygens (including phenoxy) is 1. The summed E-state index contributed by atoms with van der Waals surface area (Å²) in [4.78, 5) is 36.8. The quantitative estimate of drug-likeness (QED) is 0.782. The minimum atomic E-state index is -0.406. The van der Waals surface area contributed by atoms with Crippen molar-refractivity contribution in [1.29, 1.82) is 0 Å². The lowest BCUT2D eigenvalue weighted by molar-refractivity contribution is -0.148. The number of carbonyl (C=O) groups excluding carboxylic acids is 2. The number of anilines is 1. The molecule has 116 valence electrons. The average molecular weight is 320 g/mol. The lowest BCUT2D eigenvalue weighted by atomic mass is 10.1. The zero-order valence-electron chi connectivity index (χ0n) is 12.4. The van der Waals surface area contributed by atoms with E-state index in [4.69, 9.17) is 0 Å². The van der Waals surface area contributed by atoms with Gasteiger partial charge in [0.2, 0.25) is 5.91 Å². The van der Waals surface area contributed by atoms with Gasteiger partial charge in [-0.1, -0.05) is 0 Å². The van der Waals surface area contributed by atoms with Crippen molar-refractivity contribution < 1.29 is 14.3 Å². The molecule has 0 radical (unpaired) electrons. The van der Waals surface area contributed by atoms with Gasteiger partial charge in [-0.05, 0) is 18.4 Å². The van der Waals surface area contributed by atoms with Gasteiger partial charge in [-0.25, -0.2) is 9.97 Å². The van der Waals surface area contributed by atoms with Crippen LogP contribution in [0.4, 0.5) is 5.82 Å². The largest absolute Gasteiger partial charge is 0.468 e. The van der Waals surface area contributed by atoms with Gasteiger partial charge in [0.15, 0.2) is 0 Å². The van der Waals surface area contributed by atoms with Crippen LogP contribution < -0.4 is 4.90 Å². The van der Waals surface area contributed by atoms with Crippen LogP contribution in [0, 0.1) is 0 Å². The van der Waals surface area contributed by atoms with Crippen LogP contribution >= 0.6 is 11.3 Å². The van der Waals surface area contributed by atoms with E-state index in [-0.39, 0.29) is 18.5 Å². The van der Waals surface area contributed by atoms with E-state index in [1.54, 1.807) is 11.3 Å². The third-order valence-corrected chi connectivity index (χ3v) is 4.63. The maximum Gasteiger partial charge on any atom is 0.325 e. The van der Waals surface area contributed by atoms with E-state index in [2.05, 4.69) is 14.7 Å². The summed E-state index contributed by atoms with van der Waals surface area (Å²) in [6.07, 6.45) is 1.52. The summed E-state index contributed by atoms with van der Waals surface area (Å²) in [5.74, 6) is 0.264. The van der Waals surface area contributed by atoms with E-state index in [9.17, 15) is 9.59 Å². The third-order valence-electron chi connectivity index (χ3n) is 3.81. The average Bonchev–Trinajstić information content (AvgIpc) is 3.00. The number of nitrogens with zero attached hydrogens (tertiary/aromatic N) is 4. The highest BCUT2D eigenvalue weighted by Gasteiger charge is 2.34. The second kappa shape index (κ2) is 5.88. The summed E-state index contributed by atoms with van der Waals surface area (Å²) in [5, 5.41) is 2.91. The van der Waals surface area contributed by atoms with Gasteiger partial charge in [-0.2, -0.15) is 0 Å². The summed E-state index contributed by atoms with van der Waals surface area (Å²) in [5.41, 5.74) is 0. The van der Waals surface area contributed by atoms with Gasteiger partial charge in [0.1, 0.15) is 29.6 Å². The highest BCUT2D eigenvalue weighted by Crippen LogP contribution is 2.29. The number of amides is 1. The summed E-state index contributed by atoms with van der Waals surface area (Å²) in [7, 11) is 1.32. The predicted octanol–water partition coefficient (Wildman–Crippen LogP) is 0.901. The maximum atomic E-state index is 12.5. The molecule has 0 spiro atoms. The van der Waals surface area contributed by atoms with E-state index in [1.165, 1.54) is 18.3 Å². The Morgan fingerprint density at radius 1 is 1.45 bits per heavy atom. The maximum absolute atomic E-state index is 12.5. The zero-order chi connectivity index (χ0) is 15.7. The van der Waals surface area contributed by atoms with Gasteiger partial charge in [-0.15, -0.1) is 11.3 Å². The number of methoxy groups -OCH3 is 1. The first-order valence-electron chi connectivity index (χ1n) is 6.92. The van der Waals surface area contributed by atoms with E-state index in [0.717, 1.165) is 16.0 Å². The molecule has 22 heavy (non-hydrogen) atoms. The highest BCUT2D eigenvalue weighted by molar-refractivity contribution is 7.16. The Balaban J connectivity index is 1.84. The third kappa shape index (κ3) is 2.50. The number of aromatic nitrogens is 2. The number of fused-ring (bicyclic) bond motifs is 1. The number of carbonyl (C=O) groups is 2. The summed E-state index contributed by atoms with van der Waals surface area (Å²) < 4.78 is 4.63. The Hall–Kier alpha value is -2.22. The first-order chi connectivity index (χ1) is 10.6. The van der Waals surface area contributed by atoms with E-state index < -0.39 is 5.97 Å². The van der Waals surface area contributed by atoms with Crippen LogP contribution in [0.3, 0.4) is 0 Å². The molecule has 2 aromatic heterocycles. The molecule has 1 amide bonds. The van der Waals surface area contributed by atoms with Crippen LogP contribution in [-0.2, 0) is 14.3 Å². The van der Waals surface area contributed by atoms with Crippen molar-refractivity contribution in [1.82, 2.24) is 14.9 Å². The molecule has 1 saturated heterocycles. The molecule has 3 heterocycles. The summed E-state index contributed by atoms with van der Waals surface area (Å²) in [6.45, 7) is 2.90. The molecule has 0 saturated carbocycles. The molecule has 1 aliphatic heterocycles. The number of hydrogen-bond acceptors (Lipinski definition) is 7. The fourth-order valence-electron chi connectivity index (χ4n) is 2.60. The van der Waals surface area contributed by atoms with Gasteiger partial charge >= 0.3 is 5.97 Å². The van der Waals surface area contributed by atoms with Crippen molar-refractivity contribution in [3.63, 3.8) is 0 Å². The Bertz CT molecular complexity index is 717. The van der Waals surface area contributed by atoms with Gasteiger partial charge in [0, 0.05) is 13.1 Å². The second-order valence-electron chi connectivity index (χ2n) is 5.04. The lowest BCUT2D eigenvalue weighted by Crippen LogP contribution is -2.57. The number of rotatable bonds is 3. The highest BCUT2D eigenvalue weighted by atomic mass is 32.1. The molecule has 8 heteroatoms. The van der Waals surface area contributed by atoms with Crippen molar-refractivity contribution in [2.24, 2.45) is 0 Å². The van der Waals surface area contributed by atoms with Crippen molar-refractivity contribution in [2.75, 3.05) is 31.6 Å². The van der Waals surface area contributed by atoms with Crippen molar-refractivity contribution in [2.45, 2.75) is 13.0 Å².